The van der Waals surface area contributed by atoms with Crippen LogP contribution in [-0.4, -0.2) is 72.7 Å². The van der Waals surface area contributed by atoms with Crippen molar-refractivity contribution in [3.63, 3.8) is 0 Å². The number of terminal acetylenes is 1. The van der Waals surface area contributed by atoms with Gasteiger partial charge in [-0.05, 0) is 31.0 Å². The zero-order chi connectivity index (χ0) is 29.8. The predicted octanol–water partition coefficient (Wildman–Crippen LogP) is 1.38. The molecule has 13 heteroatoms. The summed E-state index contributed by atoms with van der Waals surface area (Å²) in [6.07, 6.45) is -0.458. The Hall–Kier alpha value is -4.15. The van der Waals surface area contributed by atoms with Crippen LogP contribution >= 0.6 is 0 Å². The highest BCUT2D eigenvalue weighted by atomic mass is 16.7. The SMILES string of the molecule is C#CCCCCC(=O)Nc1ccc(OC2OC(C(=O)OC)C(OC(C)=O)C(OC(C)=O)C2OC(C)=O)c(CO)c1. The summed E-state index contributed by atoms with van der Waals surface area (Å²) in [7, 11) is 1.07. The summed E-state index contributed by atoms with van der Waals surface area (Å²) in [5, 5.41) is 12.7. The van der Waals surface area contributed by atoms with Crippen LogP contribution in [0.15, 0.2) is 18.2 Å². The first-order valence-corrected chi connectivity index (χ1v) is 12.4. The second kappa shape index (κ2) is 15.4. The maximum atomic E-state index is 12.6. The summed E-state index contributed by atoms with van der Waals surface area (Å²) in [5.41, 5.74) is 0.579. The number of hydrogen-bond donors (Lipinski definition) is 2. The van der Waals surface area contributed by atoms with Gasteiger partial charge >= 0.3 is 23.9 Å². The molecule has 1 heterocycles. The highest BCUT2D eigenvalue weighted by molar-refractivity contribution is 5.90. The molecule has 218 valence electrons. The molecule has 2 N–H and O–H groups in total. The monoisotopic (exact) mass is 563 g/mol. The molecule has 1 fully saturated rings. The lowest BCUT2D eigenvalue weighted by molar-refractivity contribution is -0.282. The molecule has 0 bridgehead atoms. The number of carbonyl (C=O) groups is 5. The molecule has 1 aliphatic rings. The van der Waals surface area contributed by atoms with E-state index in [4.69, 9.17) is 34.8 Å². The van der Waals surface area contributed by atoms with Gasteiger partial charge in [0.05, 0.1) is 13.7 Å². The number of nitrogens with one attached hydrogen (secondary N) is 1. The zero-order valence-electron chi connectivity index (χ0n) is 22.7. The first-order valence-electron chi connectivity index (χ1n) is 12.4. The third-order valence-corrected chi connectivity index (χ3v) is 5.57. The number of unbranched alkanes of at least 4 members (excludes halogenated alkanes) is 2. The van der Waals surface area contributed by atoms with Crippen LogP contribution in [-0.2, 0) is 54.3 Å². The van der Waals surface area contributed by atoms with E-state index in [9.17, 15) is 29.1 Å². The number of carbonyl (C=O) groups excluding carboxylic acids is 5. The van der Waals surface area contributed by atoms with Gasteiger partial charge in [-0.1, -0.05) is 0 Å². The fourth-order valence-electron chi connectivity index (χ4n) is 3.93. The van der Waals surface area contributed by atoms with Crippen LogP contribution in [0.2, 0.25) is 0 Å². The van der Waals surface area contributed by atoms with E-state index in [1.165, 1.54) is 18.2 Å². The Kier molecular flexibility index (Phi) is 12.4. The Morgan fingerprint density at radius 1 is 0.975 bits per heavy atom. The van der Waals surface area contributed by atoms with E-state index >= 15 is 0 Å². The predicted molar refractivity (Wildman–Crippen MR) is 136 cm³/mol. The molecule has 0 radical (unpaired) electrons. The minimum absolute atomic E-state index is 0.0350. The highest BCUT2D eigenvalue weighted by Gasteiger charge is 2.55. The molecular weight excluding hydrogens is 530 g/mol. The number of rotatable bonds is 12. The smallest absolute Gasteiger partial charge is 0.339 e. The van der Waals surface area contributed by atoms with Crippen molar-refractivity contribution >= 4 is 35.5 Å². The van der Waals surface area contributed by atoms with Crippen LogP contribution in [0.5, 0.6) is 5.75 Å². The number of hydrogen-bond acceptors (Lipinski definition) is 12. The largest absolute Gasteiger partial charge is 0.467 e. The Bertz CT molecular complexity index is 1130. The lowest BCUT2D eigenvalue weighted by Gasteiger charge is -2.43. The highest BCUT2D eigenvalue weighted by Crippen LogP contribution is 2.33. The number of methoxy groups -OCH3 is 1. The molecule has 13 nitrogen and oxygen atoms in total. The summed E-state index contributed by atoms with van der Waals surface area (Å²) in [5.74, 6) is -1.18. The van der Waals surface area contributed by atoms with E-state index in [0.717, 1.165) is 27.9 Å². The van der Waals surface area contributed by atoms with Gasteiger partial charge in [-0.15, -0.1) is 12.3 Å². The summed E-state index contributed by atoms with van der Waals surface area (Å²) in [6, 6.07) is 4.38. The van der Waals surface area contributed by atoms with Crippen molar-refractivity contribution in [2.45, 2.75) is 83.8 Å². The minimum Gasteiger partial charge on any atom is -0.467 e. The van der Waals surface area contributed by atoms with Gasteiger partial charge < -0.3 is 38.8 Å². The lowest BCUT2D eigenvalue weighted by atomic mass is 9.97. The fourth-order valence-corrected chi connectivity index (χ4v) is 3.93. The van der Waals surface area contributed by atoms with Gasteiger partial charge in [-0.2, -0.15) is 0 Å². The average molecular weight is 564 g/mol. The van der Waals surface area contributed by atoms with E-state index in [1.807, 2.05) is 0 Å². The standard InChI is InChI=1S/C27H33NO12/c1-6-7-8-9-10-21(33)28-19-11-12-20(18(13-19)14-29)39-27-25(38-17(4)32)23(37-16(3)31)22(36-15(2)30)24(40-27)26(34)35-5/h1,11-13,22-25,27,29H,7-10,14H2,2-5H3,(H,28,33). The van der Waals surface area contributed by atoms with E-state index in [1.54, 1.807) is 0 Å². The topological polar surface area (TPSA) is 173 Å². The third kappa shape index (κ3) is 9.25. The zero-order valence-corrected chi connectivity index (χ0v) is 22.7. The normalized spacial score (nSPS) is 21.8. The molecule has 40 heavy (non-hydrogen) atoms. The van der Waals surface area contributed by atoms with Crippen molar-refractivity contribution in [2.75, 3.05) is 12.4 Å². The van der Waals surface area contributed by atoms with Gasteiger partial charge in [0.25, 0.3) is 0 Å². The maximum Gasteiger partial charge on any atom is 0.339 e. The average Bonchev–Trinajstić information content (AvgIpc) is 2.89. The quantitative estimate of drug-likeness (QED) is 0.162. The van der Waals surface area contributed by atoms with Gasteiger partial charge in [0.1, 0.15) is 5.75 Å². The number of anilines is 1. The minimum atomic E-state index is -1.64. The van der Waals surface area contributed by atoms with Crippen LogP contribution in [0, 0.1) is 12.3 Å². The summed E-state index contributed by atoms with van der Waals surface area (Å²) >= 11 is 0. The fraction of sp³-hybridized carbons (Fsp3) is 0.519. The number of aliphatic hydroxyl groups is 1. The van der Waals surface area contributed by atoms with Gasteiger partial charge in [0.2, 0.25) is 18.3 Å². The van der Waals surface area contributed by atoms with Gasteiger partial charge in [-0.3, -0.25) is 19.2 Å². The third-order valence-electron chi connectivity index (χ3n) is 5.57. The van der Waals surface area contributed by atoms with Crippen molar-refractivity contribution in [3.8, 4) is 18.1 Å². The van der Waals surface area contributed by atoms with Crippen LogP contribution in [0.25, 0.3) is 0 Å². The van der Waals surface area contributed by atoms with E-state index in [0.29, 0.717) is 24.9 Å². The summed E-state index contributed by atoms with van der Waals surface area (Å²) in [4.78, 5) is 60.5. The van der Waals surface area contributed by atoms with Gasteiger partial charge in [-0.25, -0.2) is 4.79 Å². The number of aliphatic hydroxyl groups excluding tert-OH is 1. The molecule has 0 spiro atoms. The van der Waals surface area contributed by atoms with Crippen molar-refractivity contribution < 1.29 is 57.5 Å². The Labute approximate surface area is 231 Å². The Balaban J connectivity index is 2.39. The summed E-state index contributed by atoms with van der Waals surface area (Å²) in [6.45, 7) is 2.68. The van der Waals surface area contributed by atoms with Crippen molar-refractivity contribution in [2.24, 2.45) is 0 Å². The van der Waals surface area contributed by atoms with Crippen molar-refractivity contribution in [3.05, 3.63) is 23.8 Å². The van der Waals surface area contributed by atoms with E-state index < -0.39 is 61.2 Å². The number of amides is 1. The second-order valence-corrected chi connectivity index (χ2v) is 8.73. The van der Waals surface area contributed by atoms with Crippen LogP contribution < -0.4 is 10.1 Å². The molecular formula is C27H33NO12. The molecule has 1 saturated heterocycles. The first kappa shape index (κ1) is 32.1. The molecule has 1 aromatic carbocycles. The van der Waals surface area contributed by atoms with Crippen LogP contribution in [0.3, 0.4) is 0 Å². The van der Waals surface area contributed by atoms with Gasteiger partial charge in [0, 0.05) is 44.9 Å². The van der Waals surface area contributed by atoms with Crippen molar-refractivity contribution in [1.29, 1.82) is 0 Å². The molecule has 5 atom stereocenters. The number of ether oxygens (including phenoxy) is 6. The Morgan fingerprint density at radius 2 is 1.60 bits per heavy atom. The first-order chi connectivity index (χ1) is 19.0. The molecule has 1 amide bonds. The molecule has 2 rings (SSSR count). The molecule has 0 aromatic heterocycles. The van der Waals surface area contributed by atoms with E-state index in [2.05, 4.69) is 11.2 Å². The molecule has 0 aliphatic carbocycles. The molecule has 1 aromatic rings. The summed E-state index contributed by atoms with van der Waals surface area (Å²) < 4.78 is 32.2. The van der Waals surface area contributed by atoms with Gasteiger partial charge in [0.15, 0.2) is 18.3 Å². The maximum absolute atomic E-state index is 12.6. The second-order valence-electron chi connectivity index (χ2n) is 8.73. The molecule has 1 aliphatic heterocycles. The lowest BCUT2D eigenvalue weighted by Crippen LogP contribution is -2.64. The molecule has 0 saturated carbocycles. The van der Waals surface area contributed by atoms with Crippen molar-refractivity contribution in [1.82, 2.24) is 0 Å². The van der Waals surface area contributed by atoms with Crippen LogP contribution in [0.4, 0.5) is 5.69 Å². The van der Waals surface area contributed by atoms with E-state index in [-0.39, 0.29) is 23.6 Å². The Morgan fingerprint density at radius 3 is 2.17 bits per heavy atom. The number of esters is 4. The van der Waals surface area contributed by atoms with Crippen LogP contribution in [0.1, 0.15) is 52.0 Å². The molecule has 5 unspecified atom stereocenters. The number of benzene rings is 1.